The molecule has 0 bridgehead atoms. The van der Waals surface area contributed by atoms with Crippen molar-refractivity contribution < 1.29 is 9.53 Å². The molecule has 3 rings (SSSR count). The van der Waals surface area contributed by atoms with Crippen LogP contribution in [0.4, 0.5) is 0 Å². The maximum atomic E-state index is 12.6. The van der Waals surface area contributed by atoms with Gasteiger partial charge in [-0.05, 0) is 55.7 Å². The molecule has 2 aromatic heterocycles. The van der Waals surface area contributed by atoms with Gasteiger partial charge in [0.2, 0.25) is 0 Å². The molecule has 10 heteroatoms. The fourth-order valence-corrected chi connectivity index (χ4v) is 2.44. The molecule has 0 aliphatic rings. The number of carbonyl (C=O) groups is 1. The molecule has 1 aromatic carbocycles. The van der Waals surface area contributed by atoms with E-state index in [2.05, 4.69) is 44.7 Å². The Hall–Kier alpha value is -3.82. The molecule has 0 radical (unpaired) electrons. The van der Waals surface area contributed by atoms with Crippen LogP contribution >= 0.6 is 0 Å². The number of hydrogen-bond donors (Lipinski definition) is 2. The van der Waals surface area contributed by atoms with Gasteiger partial charge in [0.15, 0.2) is 0 Å². The van der Waals surface area contributed by atoms with Gasteiger partial charge >= 0.3 is 0 Å². The number of hydrazone groups is 1. The minimum atomic E-state index is -0.507. The van der Waals surface area contributed by atoms with Crippen molar-refractivity contribution in [3.05, 3.63) is 63.3 Å². The third-order valence-corrected chi connectivity index (χ3v) is 3.96. The number of hydrogen-bond acceptors (Lipinski definition) is 7. The first-order chi connectivity index (χ1) is 14.3. The number of ether oxygens (including phenoxy) is 1. The molecule has 0 saturated carbocycles. The number of aromatic amines is 1. The van der Waals surface area contributed by atoms with E-state index < -0.39 is 11.5 Å². The van der Waals surface area contributed by atoms with Crippen LogP contribution in [-0.2, 0) is 0 Å². The van der Waals surface area contributed by atoms with Crippen molar-refractivity contribution >= 4 is 12.1 Å². The largest absolute Gasteiger partial charge is 0.493 e. The number of carbonyl (C=O) groups excluding carboxylic acids is 1. The number of amides is 1. The van der Waals surface area contributed by atoms with E-state index in [1.54, 1.807) is 13.0 Å². The topological polar surface area (TPSA) is 127 Å². The zero-order chi connectivity index (χ0) is 21.7. The van der Waals surface area contributed by atoms with Crippen molar-refractivity contribution in [1.82, 2.24) is 30.4 Å². The van der Waals surface area contributed by atoms with Gasteiger partial charge in [0.05, 0.1) is 18.5 Å². The van der Waals surface area contributed by atoms with Crippen LogP contribution in [0, 0.1) is 19.8 Å². The molecular weight excluding hydrogens is 386 g/mol. The van der Waals surface area contributed by atoms with Crippen LogP contribution in [0.2, 0.25) is 0 Å². The van der Waals surface area contributed by atoms with Gasteiger partial charge in [0.25, 0.3) is 17.4 Å². The van der Waals surface area contributed by atoms with E-state index >= 15 is 0 Å². The second kappa shape index (κ2) is 9.12. The van der Waals surface area contributed by atoms with Crippen molar-refractivity contribution in [2.24, 2.45) is 11.0 Å². The summed E-state index contributed by atoms with van der Waals surface area (Å²) in [6, 6.07) is 8.93. The smallest absolute Gasteiger partial charge is 0.290 e. The average Bonchev–Trinajstić information content (AvgIpc) is 3.11. The van der Waals surface area contributed by atoms with Crippen LogP contribution in [0.1, 0.15) is 41.3 Å². The van der Waals surface area contributed by atoms with Gasteiger partial charge in [-0.25, -0.2) is 5.43 Å². The van der Waals surface area contributed by atoms with E-state index in [1.807, 2.05) is 24.3 Å². The van der Waals surface area contributed by atoms with E-state index in [0.29, 0.717) is 18.2 Å². The van der Waals surface area contributed by atoms with E-state index in [0.717, 1.165) is 11.3 Å². The second-order valence-electron chi connectivity index (χ2n) is 7.12. The van der Waals surface area contributed by atoms with Crippen LogP contribution in [-0.4, -0.2) is 43.7 Å². The highest BCUT2D eigenvalue weighted by atomic mass is 16.5. The normalized spacial score (nSPS) is 11.2. The fraction of sp³-hybridized carbons (Fsp3) is 0.300. The van der Waals surface area contributed by atoms with Gasteiger partial charge in [-0.2, -0.15) is 14.9 Å². The monoisotopic (exact) mass is 409 g/mol. The number of aryl methyl sites for hydroxylation is 2. The Labute approximate surface area is 173 Å². The van der Waals surface area contributed by atoms with Crippen LogP contribution in [0.25, 0.3) is 5.95 Å². The zero-order valence-corrected chi connectivity index (χ0v) is 17.2. The van der Waals surface area contributed by atoms with Crippen molar-refractivity contribution in [3.8, 4) is 11.7 Å². The third kappa shape index (κ3) is 5.16. The maximum Gasteiger partial charge on any atom is 0.290 e. The Bertz CT molecular complexity index is 1110. The molecule has 10 nitrogen and oxygen atoms in total. The summed E-state index contributed by atoms with van der Waals surface area (Å²) in [5.74, 6) is 0.761. The fourth-order valence-electron chi connectivity index (χ4n) is 2.44. The van der Waals surface area contributed by atoms with Crippen molar-refractivity contribution in [1.29, 1.82) is 0 Å². The number of rotatable bonds is 7. The first kappa shape index (κ1) is 20.9. The number of nitrogens with one attached hydrogen (secondary N) is 2. The van der Waals surface area contributed by atoms with Gasteiger partial charge in [-0.3, -0.25) is 14.6 Å². The summed E-state index contributed by atoms with van der Waals surface area (Å²) in [5.41, 5.74) is 3.80. The van der Waals surface area contributed by atoms with E-state index in [4.69, 9.17) is 4.74 Å². The van der Waals surface area contributed by atoms with Crippen molar-refractivity contribution in [2.45, 2.75) is 27.7 Å². The molecule has 0 atom stereocenters. The van der Waals surface area contributed by atoms with Crippen LogP contribution in [0.5, 0.6) is 5.75 Å². The summed E-state index contributed by atoms with van der Waals surface area (Å²) < 4.78 is 6.85. The zero-order valence-electron chi connectivity index (χ0n) is 17.2. The molecule has 2 N–H and O–H groups in total. The minimum absolute atomic E-state index is 0.0461. The number of benzene rings is 1. The van der Waals surface area contributed by atoms with E-state index in [1.165, 1.54) is 17.8 Å². The molecule has 156 valence electrons. The summed E-state index contributed by atoms with van der Waals surface area (Å²) >= 11 is 0. The Morgan fingerprint density at radius 3 is 2.67 bits per heavy atom. The maximum absolute atomic E-state index is 12.6. The van der Waals surface area contributed by atoms with E-state index in [-0.39, 0.29) is 17.3 Å². The second-order valence-corrected chi connectivity index (χ2v) is 7.12. The van der Waals surface area contributed by atoms with Crippen molar-refractivity contribution in [2.75, 3.05) is 6.61 Å². The lowest BCUT2D eigenvalue weighted by molar-refractivity contribution is 0.0947. The molecular formula is C20H23N7O3. The minimum Gasteiger partial charge on any atom is -0.493 e. The summed E-state index contributed by atoms with van der Waals surface area (Å²) in [7, 11) is 0. The van der Waals surface area contributed by atoms with Crippen LogP contribution in [0.3, 0.4) is 0 Å². The van der Waals surface area contributed by atoms with E-state index in [9.17, 15) is 9.59 Å². The van der Waals surface area contributed by atoms with Gasteiger partial charge in [-0.15, -0.1) is 10.2 Å². The summed E-state index contributed by atoms with van der Waals surface area (Å²) in [6.07, 6.45) is 1.52. The van der Waals surface area contributed by atoms with Gasteiger partial charge in [0, 0.05) is 0 Å². The quantitative estimate of drug-likeness (QED) is 0.452. The predicted octanol–water partition coefficient (Wildman–Crippen LogP) is 1.77. The Kier molecular flexibility index (Phi) is 6.35. The molecule has 3 aromatic rings. The molecule has 0 saturated heterocycles. The summed E-state index contributed by atoms with van der Waals surface area (Å²) in [5, 5.41) is 15.8. The summed E-state index contributed by atoms with van der Waals surface area (Å²) in [6.45, 7) is 8.07. The lowest BCUT2D eigenvalue weighted by Crippen LogP contribution is -2.24. The molecule has 0 unspecified atom stereocenters. The van der Waals surface area contributed by atoms with Gasteiger partial charge in [0.1, 0.15) is 17.1 Å². The first-order valence-corrected chi connectivity index (χ1v) is 9.40. The molecule has 0 fully saturated rings. The Morgan fingerprint density at radius 1 is 1.27 bits per heavy atom. The molecule has 1 amide bonds. The Balaban J connectivity index is 1.69. The average molecular weight is 409 g/mol. The Morgan fingerprint density at radius 2 is 2.00 bits per heavy atom. The molecule has 30 heavy (non-hydrogen) atoms. The molecule has 0 aliphatic carbocycles. The molecule has 0 aliphatic heterocycles. The van der Waals surface area contributed by atoms with Gasteiger partial charge < -0.3 is 4.74 Å². The standard InChI is InChI=1S/C20H23N7O3/c1-12(2)11-30-16-7-5-15(6-8-16)10-21-24-19(29)17-9-13(3)26-27(17)20-22-18(28)14(4)23-25-20/h5-10,12H,11H2,1-4H3,(H,24,29)(H,22,25,28)/b21-10-. The van der Waals surface area contributed by atoms with Crippen LogP contribution in [0.15, 0.2) is 40.2 Å². The number of nitrogens with zero attached hydrogens (tertiary/aromatic N) is 5. The highest BCUT2D eigenvalue weighted by molar-refractivity contribution is 5.93. The molecule has 2 heterocycles. The lowest BCUT2D eigenvalue weighted by Gasteiger charge is -2.08. The number of H-pyrrole nitrogens is 1. The summed E-state index contributed by atoms with van der Waals surface area (Å²) in [4.78, 5) is 26.9. The SMILES string of the molecule is Cc1cc(C(=O)N/N=C\c2ccc(OCC(C)C)cc2)n(-c2nnc(C)c(=O)[nH]2)n1. The predicted molar refractivity (Wildman–Crippen MR) is 111 cm³/mol. The first-order valence-electron chi connectivity index (χ1n) is 9.40. The lowest BCUT2D eigenvalue weighted by atomic mass is 10.2. The van der Waals surface area contributed by atoms with Crippen molar-refractivity contribution in [3.63, 3.8) is 0 Å². The highest BCUT2D eigenvalue weighted by Gasteiger charge is 2.17. The van der Waals surface area contributed by atoms with Crippen LogP contribution < -0.4 is 15.7 Å². The van der Waals surface area contributed by atoms with Gasteiger partial charge in [-0.1, -0.05) is 13.8 Å². The highest BCUT2D eigenvalue weighted by Crippen LogP contribution is 2.12. The number of aromatic nitrogens is 5. The molecule has 0 spiro atoms. The third-order valence-electron chi connectivity index (χ3n) is 3.96.